The van der Waals surface area contributed by atoms with Gasteiger partial charge >= 0.3 is 0 Å². The van der Waals surface area contributed by atoms with Gasteiger partial charge in [-0.25, -0.2) is 4.39 Å². The SMILES string of the molecule is COc1cc(F)c(C(N)CCO)cc1Br. The van der Waals surface area contributed by atoms with Gasteiger partial charge in [0.25, 0.3) is 0 Å². The van der Waals surface area contributed by atoms with Gasteiger partial charge in [-0.05, 0) is 28.4 Å². The van der Waals surface area contributed by atoms with Crippen molar-refractivity contribution >= 4 is 15.9 Å². The average Bonchev–Trinajstić information content (AvgIpc) is 2.21. The number of hydrogen-bond acceptors (Lipinski definition) is 3. The van der Waals surface area contributed by atoms with Crippen LogP contribution < -0.4 is 10.5 Å². The zero-order valence-corrected chi connectivity index (χ0v) is 9.92. The molecule has 0 saturated heterocycles. The van der Waals surface area contributed by atoms with E-state index >= 15 is 0 Å². The summed E-state index contributed by atoms with van der Waals surface area (Å²) in [6.07, 6.45) is 0.329. The first-order valence-corrected chi connectivity index (χ1v) is 5.28. The molecule has 15 heavy (non-hydrogen) atoms. The number of ether oxygens (including phenoxy) is 1. The van der Waals surface area contributed by atoms with Gasteiger partial charge in [0, 0.05) is 24.3 Å². The number of halogens is 2. The van der Waals surface area contributed by atoms with Crippen LogP contribution in [-0.2, 0) is 0 Å². The fraction of sp³-hybridized carbons (Fsp3) is 0.400. The zero-order valence-electron chi connectivity index (χ0n) is 8.34. The van der Waals surface area contributed by atoms with Gasteiger partial charge in [-0.15, -0.1) is 0 Å². The van der Waals surface area contributed by atoms with E-state index in [1.54, 1.807) is 6.07 Å². The van der Waals surface area contributed by atoms with Crippen molar-refractivity contribution in [3.05, 3.63) is 28.0 Å². The molecule has 0 fully saturated rings. The van der Waals surface area contributed by atoms with E-state index in [9.17, 15) is 4.39 Å². The maximum atomic E-state index is 13.5. The fourth-order valence-corrected chi connectivity index (χ4v) is 1.80. The van der Waals surface area contributed by atoms with E-state index in [1.165, 1.54) is 13.2 Å². The van der Waals surface area contributed by atoms with Crippen LogP contribution in [0.5, 0.6) is 5.75 Å². The lowest BCUT2D eigenvalue weighted by atomic mass is 10.0. The van der Waals surface area contributed by atoms with Crippen molar-refractivity contribution in [1.29, 1.82) is 0 Å². The molecule has 0 aliphatic rings. The summed E-state index contributed by atoms with van der Waals surface area (Å²) in [5, 5.41) is 8.72. The second-order valence-corrected chi connectivity index (χ2v) is 3.98. The highest BCUT2D eigenvalue weighted by atomic mass is 79.9. The molecule has 0 amide bonds. The molecule has 3 nitrogen and oxygen atoms in total. The number of methoxy groups -OCH3 is 1. The molecule has 3 N–H and O–H groups in total. The molecule has 0 aromatic heterocycles. The number of nitrogens with two attached hydrogens (primary N) is 1. The molecule has 0 spiro atoms. The van der Waals surface area contributed by atoms with Crippen LogP contribution in [-0.4, -0.2) is 18.8 Å². The second kappa shape index (κ2) is 5.44. The third kappa shape index (κ3) is 2.90. The first-order chi connectivity index (χ1) is 7.10. The van der Waals surface area contributed by atoms with E-state index in [4.69, 9.17) is 15.6 Å². The van der Waals surface area contributed by atoms with Crippen LogP contribution in [0.15, 0.2) is 16.6 Å². The quantitative estimate of drug-likeness (QED) is 0.885. The molecule has 0 radical (unpaired) electrons. The summed E-state index contributed by atoms with van der Waals surface area (Å²) in [6, 6.07) is 2.35. The molecule has 1 rings (SSSR count). The molecule has 1 aromatic carbocycles. The fourth-order valence-electron chi connectivity index (χ4n) is 1.28. The first kappa shape index (κ1) is 12.4. The maximum Gasteiger partial charge on any atom is 0.135 e. The monoisotopic (exact) mass is 277 g/mol. The minimum Gasteiger partial charge on any atom is -0.495 e. The number of hydrogen-bond donors (Lipinski definition) is 2. The molecular formula is C10H13BrFNO2. The third-order valence-electron chi connectivity index (χ3n) is 2.11. The van der Waals surface area contributed by atoms with Crippen LogP contribution in [0, 0.1) is 5.82 Å². The van der Waals surface area contributed by atoms with Gasteiger partial charge in [-0.1, -0.05) is 0 Å². The Kier molecular flexibility index (Phi) is 4.50. The van der Waals surface area contributed by atoms with Crippen LogP contribution in [0.4, 0.5) is 4.39 Å². The molecule has 0 heterocycles. The number of aliphatic hydroxyl groups is 1. The Morgan fingerprint density at radius 1 is 1.60 bits per heavy atom. The Morgan fingerprint density at radius 3 is 2.80 bits per heavy atom. The summed E-state index contributed by atoms with van der Waals surface area (Å²) in [5.41, 5.74) is 6.08. The molecule has 0 bridgehead atoms. The van der Waals surface area contributed by atoms with Crippen LogP contribution in [0.1, 0.15) is 18.0 Å². The Bertz CT molecular complexity index is 346. The van der Waals surface area contributed by atoms with Gasteiger partial charge in [0.2, 0.25) is 0 Å². The van der Waals surface area contributed by atoms with Crippen molar-refractivity contribution < 1.29 is 14.2 Å². The molecular weight excluding hydrogens is 265 g/mol. The highest BCUT2D eigenvalue weighted by Gasteiger charge is 2.14. The smallest absolute Gasteiger partial charge is 0.135 e. The van der Waals surface area contributed by atoms with Crippen LogP contribution in [0.2, 0.25) is 0 Å². The van der Waals surface area contributed by atoms with Gasteiger partial charge in [0.15, 0.2) is 0 Å². The summed E-state index contributed by atoms with van der Waals surface area (Å²) in [7, 11) is 1.47. The van der Waals surface area contributed by atoms with Crippen LogP contribution in [0.25, 0.3) is 0 Å². The van der Waals surface area contributed by atoms with E-state index in [2.05, 4.69) is 15.9 Å². The minimum absolute atomic E-state index is 0.0652. The lowest BCUT2D eigenvalue weighted by molar-refractivity contribution is 0.275. The second-order valence-electron chi connectivity index (χ2n) is 3.13. The molecule has 1 aromatic rings. The van der Waals surface area contributed by atoms with Crippen molar-refractivity contribution in [3.63, 3.8) is 0 Å². The molecule has 1 unspecified atom stereocenters. The highest BCUT2D eigenvalue weighted by molar-refractivity contribution is 9.10. The predicted octanol–water partition coefficient (Wildman–Crippen LogP) is 1.98. The summed E-state index contributed by atoms with van der Waals surface area (Å²) < 4.78 is 19.1. The number of benzene rings is 1. The van der Waals surface area contributed by atoms with E-state index in [0.717, 1.165) is 0 Å². The van der Waals surface area contributed by atoms with Crippen molar-refractivity contribution in [3.8, 4) is 5.75 Å². The Balaban J connectivity index is 3.04. The zero-order chi connectivity index (χ0) is 11.4. The Morgan fingerprint density at radius 2 is 2.27 bits per heavy atom. The van der Waals surface area contributed by atoms with E-state index in [-0.39, 0.29) is 6.61 Å². The maximum absolute atomic E-state index is 13.5. The van der Waals surface area contributed by atoms with Gasteiger partial charge in [0.1, 0.15) is 11.6 Å². The first-order valence-electron chi connectivity index (χ1n) is 4.49. The van der Waals surface area contributed by atoms with E-state index in [0.29, 0.717) is 22.2 Å². The lowest BCUT2D eigenvalue weighted by Crippen LogP contribution is -2.13. The molecule has 0 aliphatic carbocycles. The summed E-state index contributed by atoms with van der Waals surface area (Å²) in [4.78, 5) is 0. The third-order valence-corrected chi connectivity index (χ3v) is 2.73. The summed E-state index contributed by atoms with van der Waals surface area (Å²) >= 11 is 3.25. The van der Waals surface area contributed by atoms with Crippen molar-refractivity contribution in [2.75, 3.05) is 13.7 Å². The van der Waals surface area contributed by atoms with Gasteiger partial charge < -0.3 is 15.6 Å². The Labute approximate surface area is 96.2 Å². The van der Waals surface area contributed by atoms with E-state index in [1.807, 2.05) is 0 Å². The topological polar surface area (TPSA) is 55.5 Å². The normalized spacial score (nSPS) is 12.6. The predicted molar refractivity (Wildman–Crippen MR) is 59.3 cm³/mol. The number of aliphatic hydroxyl groups excluding tert-OH is 1. The van der Waals surface area contributed by atoms with Crippen LogP contribution in [0.3, 0.4) is 0 Å². The minimum atomic E-state index is -0.503. The standard InChI is InChI=1S/C10H13BrFNO2/c1-15-10-5-8(12)6(4-7(10)11)9(13)2-3-14/h4-5,9,14H,2-3,13H2,1H3. The van der Waals surface area contributed by atoms with E-state index < -0.39 is 11.9 Å². The van der Waals surface area contributed by atoms with Crippen molar-refractivity contribution in [2.45, 2.75) is 12.5 Å². The highest BCUT2D eigenvalue weighted by Crippen LogP contribution is 2.30. The number of rotatable bonds is 4. The van der Waals surface area contributed by atoms with Crippen molar-refractivity contribution in [2.24, 2.45) is 5.73 Å². The molecule has 84 valence electrons. The molecule has 0 aliphatic heterocycles. The van der Waals surface area contributed by atoms with Gasteiger partial charge in [0.05, 0.1) is 11.6 Å². The Hall–Kier alpha value is -0.650. The molecule has 5 heteroatoms. The average molecular weight is 278 g/mol. The van der Waals surface area contributed by atoms with Gasteiger partial charge in [-0.3, -0.25) is 0 Å². The molecule has 1 atom stereocenters. The van der Waals surface area contributed by atoms with Crippen LogP contribution >= 0.6 is 15.9 Å². The van der Waals surface area contributed by atoms with Crippen molar-refractivity contribution in [1.82, 2.24) is 0 Å². The summed E-state index contributed by atoms with van der Waals surface area (Å²) in [5.74, 6) is 0.00319. The van der Waals surface area contributed by atoms with Gasteiger partial charge in [-0.2, -0.15) is 0 Å². The summed E-state index contributed by atoms with van der Waals surface area (Å²) in [6.45, 7) is -0.0652. The largest absolute Gasteiger partial charge is 0.495 e. The lowest BCUT2D eigenvalue weighted by Gasteiger charge is -2.13. The molecule has 0 saturated carbocycles.